The van der Waals surface area contributed by atoms with Crippen molar-refractivity contribution in [2.75, 3.05) is 19.0 Å². The molecule has 6 nitrogen and oxygen atoms in total. The number of nitrogens with one attached hydrogen (secondary N) is 1. The van der Waals surface area contributed by atoms with E-state index in [2.05, 4.69) is 15.3 Å². The number of carbonyl (C=O) groups is 1. The maximum absolute atomic E-state index is 13.6. The summed E-state index contributed by atoms with van der Waals surface area (Å²) in [6.45, 7) is 1.88. The van der Waals surface area contributed by atoms with Crippen LogP contribution in [0.5, 0.6) is 5.88 Å². The van der Waals surface area contributed by atoms with Crippen molar-refractivity contribution < 1.29 is 18.7 Å². The Morgan fingerprint density at radius 2 is 2.21 bits per heavy atom. The molecule has 1 heterocycles. The number of aromatic nitrogens is 2. The van der Waals surface area contributed by atoms with Crippen LogP contribution in [0.4, 0.5) is 15.0 Å². The van der Waals surface area contributed by atoms with E-state index >= 15 is 0 Å². The normalized spacial score (nSPS) is 10.3. The van der Waals surface area contributed by atoms with Gasteiger partial charge in [-0.05, 0) is 19.1 Å². The van der Waals surface area contributed by atoms with Gasteiger partial charge in [-0.25, -0.2) is 19.2 Å². The van der Waals surface area contributed by atoms with Gasteiger partial charge in [-0.15, -0.1) is 0 Å². The fourth-order valence-corrected chi connectivity index (χ4v) is 1.51. The van der Waals surface area contributed by atoms with Crippen molar-refractivity contribution in [3.05, 3.63) is 24.0 Å². The minimum atomic E-state index is -0.703. The molecule has 2 rings (SSSR count). The smallest absolute Gasteiger partial charge is 0.412 e. The summed E-state index contributed by atoms with van der Waals surface area (Å²) < 4.78 is 23.3. The molecule has 0 aliphatic heterocycles. The first-order chi connectivity index (χ1) is 9.15. The molecule has 0 bridgehead atoms. The van der Waals surface area contributed by atoms with E-state index < -0.39 is 11.9 Å². The van der Waals surface area contributed by atoms with E-state index in [4.69, 9.17) is 9.47 Å². The van der Waals surface area contributed by atoms with Gasteiger partial charge in [-0.1, -0.05) is 6.07 Å². The zero-order chi connectivity index (χ0) is 13.8. The average molecular weight is 265 g/mol. The maximum atomic E-state index is 13.6. The van der Waals surface area contributed by atoms with Crippen LogP contribution in [0.25, 0.3) is 11.0 Å². The zero-order valence-corrected chi connectivity index (χ0v) is 10.4. The van der Waals surface area contributed by atoms with Crippen molar-refractivity contribution in [2.24, 2.45) is 0 Å². The van der Waals surface area contributed by atoms with Gasteiger partial charge >= 0.3 is 6.09 Å². The summed E-state index contributed by atoms with van der Waals surface area (Å²) in [5, 5.41) is 2.36. The summed E-state index contributed by atoms with van der Waals surface area (Å²) in [5.74, 6) is -0.427. The van der Waals surface area contributed by atoms with Crippen LogP contribution in [-0.4, -0.2) is 29.8 Å². The highest BCUT2D eigenvalue weighted by molar-refractivity contribution is 5.87. The quantitative estimate of drug-likeness (QED) is 0.922. The predicted octanol–water partition coefficient (Wildman–Crippen LogP) is 2.35. The standard InChI is InChI=1S/C12H12FN3O3/c1-3-19-12(17)16-10-11(18-2)14-8-6-4-5-7(13)9(8)15-10/h4-6H,3H2,1-2H3,(H,15,16,17). The molecule has 1 amide bonds. The van der Waals surface area contributed by atoms with Gasteiger partial charge in [0.2, 0.25) is 0 Å². The van der Waals surface area contributed by atoms with Crippen molar-refractivity contribution >= 4 is 22.9 Å². The Morgan fingerprint density at radius 1 is 1.42 bits per heavy atom. The number of para-hydroxylation sites is 1. The second-order valence-corrected chi connectivity index (χ2v) is 3.53. The van der Waals surface area contributed by atoms with E-state index in [1.807, 2.05) is 0 Å². The number of fused-ring (bicyclic) bond motifs is 1. The molecule has 0 aliphatic rings. The second-order valence-electron chi connectivity index (χ2n) is 3.53. The lowest BCUT2D eigenvalue weighted by Crippen LogP contribution is -2.15. The van der Waals surface area contributed by atoms with E-state index in [1.54, 1.807) is 13.0 Å². The predicted molar refractivity (Wildman–Crippen MR) is 66.7 cm³/mol. The van der Waals surface area contributed by atoms with Gasteiger partial charge in [0, 0.05) is 0 Å². The molecule has 2 aromatic rings. The summed E-state index contributed by atoms with van der Waals surface area (Å²) in [7, 11) is 1.38. The second kappa shape index (κ2) is 5.47. The topological polar surface area (TPSA) is 73.3 Å². The summed E-state index contributed by atoms with van der Waals surface area (Å²) in [5.41, 5.74) is 0.390. The van der Waals surface area contributed by atoms with E-state index in [9.17, 15) is 9.18 Å². The molecule has 0 fully saturated rings. The molecule has 0 atom stereocenters. The van der Waals surface area contributed by atoms with Crippen LogP contribution >= 0.6 is 0 Å². The third kappa shape index (κ3) is 2.70. The Labute approximate surface area is 108 Å². The highest BCUT2D eigenvalue weighted by Crippen LogP contribution is 2.24. The molecule has 0 saturated heterocycles. The zero-order valence-electron chi connectivity index (χ0n) is 10.4. The van der Waals surface area contributed by atoms with Crippen LogP contribution in [0, 0.1) is 5.82 Å². The van der Waals surface area contributed by atoms with E-state index in [1.165, 1.54) is 19.2 Å². The van der Waals surface area contributed by atoms with Gasteiger partial charge in [0.25, 0.3) is 5.88 Å². The van der Waals surface area contributed by atoms with Crippen molar-refractivity contribution in [1.82, 2.24) is 9.97 Å². The number of methoxy groups -OCH3 is 1. The first kappa shape index (κ1) is 13.0. The Balaban J connectivity index is 2.46. The molecule has 1 N–H and O–H groups in total. The highest BCUT2D eigenvalue weighted by Gasteiger charge is 2.14. The molecule has 0 spiro atoms. The first-order valence-electron chi connectivity index (χ1n) is 5.59. The van der Waals surface area contributed by atoms with Gasteiger partial charge in [-0.3, -0.25) is 5.32 Å². The molecule has 1 aromatic carbocycles. The Bertz CT molecular complexity index is 618. The highest BCUT2D eigenvalue weighted by atomic mass is 19.1. The van der Waals surface area contributed by atoms with E-state index in [0.29, 0.717) is 5.52 Å². The minimum Gasteiger partial charge on any atom is -0.478 e. The van der Waals surface area contributed by atoms with Crippen LogP contribution < -0.4 is 10.1 Å². The van der Waals surface area contributed by atoms with Crippen molar-refractivity contribution in [3.63, 3.8) is 0 Å². The molecule has 0 aliphatic carbocycles. The summed E-state index contributed by atoms with van der Waals surface area (Å²) in [6, 6.07) is 4.38. The van der Waals surface area contributed by atoms with Gasteiger partial charge in [0.15, 0.2) is 11.6 Å². The van der Waals surface area contributed by atoms with Crippen LogP contribution in [0.1, 0.15) is 6.92 Å². The third-order valence-electron chi connectivity index (χ3n) is 2.30. The first-order valence-corrected chi connectivity index (χ1v) is 5.59. The van der Waals surface area contributed by atoms with Crippen molar-refractivity contribution in [1.29, 1.82) is 0 Å². The molecule has 0 unspecified atom stereocenters. The number of nitrogens with zero attached hydrogens (tertiary/aromatic N) is 2. The van der Waals surface area contributed by atoms with Gasteiger partial charge in [0.1, 0.15) is 5.52 Å². The Kier molecular flexibility index (Phi) is 3.74. The lowest BCUT2D eigenvalue weighted by Gasteiger charge is -2.09. The van der Waals surface area contributed by atoms with Crippen LogP contribution in [0.15, 0.2) is 18.2 Å². The molecule has 0 radical (unpaired) electrons. The largest absolute Gasteiger partial charge is 0.478 e. The fourth-order valence-electron chi connectivity index (χ4n) is 1.51. The maximum Gasteiger partial charge on any atom is 0.412 e. The Hall–Kier alpha value is -2.44. The molecule has 100 valence electrons. The number of rotatable bonds is 3. The van der Waals surface area contributed by atoms with Gasteiger partial charge in [0.05, 0.1) is 19.2 Å². The summed E-state index contributed by atoms with van der Waals surface area (Å²) in [4.78, 5) is 19.4. The lowest BCUT2D eigenvalue weighted by atomic mass is 10.3. The molecule has 1 aromatic heterocycles. The number of anilines is 1. The van der Waals surface area contributed by atoms with Crippen molar-refractivity contribution in [3.8, 4) is 5.88 Å². The monoisotopic (exact) mass is 265 g/mol. The number of benzene rings is 1. The molecular formula is C12H12FN3O3. The molecule has 0 saturated carbocycles. The molecule has 19 heavy (non-hydrogen) atoms. The number of ether oxygens (including phenoxy) is 2. The fraction of sp³-hybridized carbons (Fsp3) is 0.250. The van der Waals surface area contributed by atoms with Crippen LogP contribution in [0.3, 0.4) is 0 Å². The number of hydrogen-bond acceptors (Lipinski definition) is 5. The number of halogens is 1. The molecule has 7 heteroatoms. The van der Waals surface area contributed by atoms with Crippen molar-refractivity contribution in [2.45, 2.75) is 6.92 Å². The van der Waals surface area contributed by atoms with Gasteiger partial charge < -0.3 is 9.47 Å². The lowest BCUT2D eigenvalue weighted by molar-refractivity contribution is 0.167. The number of hydrogen-bond donors (Lipinski definition) is 1. The summed E-state index contributed by atoms with van der Waals surface area (Å²) >= 11 is 0. The summed E-state index contributed by atoms with van der Waals surface area (Å²) in [6.07, 6.45) is -0.703. The number of amides is 1. The SMILES string of the molecule is CCOC(=O)Nc1nc2c(F)cccc2nc1OC. The van der Waals surface area contributed by atoms with Crippen LogP contribution in [0.2, 0.25) is 0 Å². The Morgan fingerprint density at radius 3 is 2.89 bits per heavy atom. The average Bonchev–Trinajstić information content (AvgIpc) is 2.39. The number of carbonyl (C=O) groups excluding carboxylic acids is 1. The minimum absolute atomic E-state index is 0.0125. The van der Waals surface area contributed by atoms with E-state index in [0.717, 1.165) is 0 Å². The van der Waals surface area contributed by atoms with E-state index in [-0.39, 0.29) is 23.8 Å². The molecular weight excluding hydrogens is 253 g/mol. The third-order valence-corrected chi connectivity index (χ3v) is 2.30. The van der Waals surface area contributed by atoms with Crippen LogP contribution in [-0.2, 0) is 4.74 Å². The van der Waals surface area contributed by atoms with Gasteiger partial charge in [-0.2, -0.15) is 0 Å².